The van der Waals surface area contributed by atoms with E-state index in [0.717, 1.165) is 26.1 Å². The molecule has 4 unspecified atom stereocenters. The van der Waals surface area contributed by atoms with Crippen molar-refractivity contribution < 1.29 is 14.3 Å². The zero-order chi connectivity index (χ0) is 10.1. The van der Waals surface area contributed by atoms with Crippen molar-refractivity contribution in [3.8, 4) is 0 Å². The molecule has 0 radical (unpaired) electrons. The Labute approximate surface area is 84.8 Å². The maximum Gasteiger partial charge on any atom is 0.190 e. The summed E-state index contributed by atoms with van der Waals surface area (Å²) in [7, 11) is 0. The highest BCUT2D eigenvalue weighted by molar-refractivity contribution is 5.89. The first-order valence-corrected chi connectivity index (χ1v) is 5.54. The third kappa shape index (κ3) is 1.48. The molecule has 0 bridgehead atoms. The molecule has 2 fully saturated rings. The van der Waals surface area contributed by atoms with Crippen LogP contribution in [0.5, 0.6) is 0 Å². The second-order valence-electron chi connectivity index (χ2n) is 4.25. The first-order valence-electron chi connectivity index (χ1n) is 5.54. The molecular formula is C11H18O3. The van der Waals surface area contributed by atoms with Crippen LogP contribution in [0.1, 0.15) is 26.7 Å². The lowest BCUT2D eigenvalue weighted by atomic mass is 9.83. The molecule has 0 aromatic heterocycles. The average Bonchev–Trinajstić information content (AvgIpc) is 2.01. The number of carbonyl (C=O) groups is 1. The second-order valence-corrected chi connectivity index (χ2v) is 4.25. The first-order chi connectivity index (χ1) is 6.77. The summed E-state index contributed by atoms with van der Waals surface area (Å²) in [6.45, 7) is 5.70. The molecule has 0 aromatic carbocycles. The van der Waals surface area contributed by atoms with E-state index in [2.05, 4.69) is 13.8 Å². The molecular weight excluding hydrogens is 180 g/mol. The molecule has 0 aromatic rings. The minimum atomic E-state index is -0.167. The van der Waals surface area contributed by atoms with Gasteiger partial charge in [0.25, 0.3) is 0 Å². The summed E-state index contributed by atoms with van der Waals surface area (Å²) in [5.74, 6) is 1.05. The maximum absolute atomic E-state index is 11.9. The Morgan fingerprint density at radius 3 is 1.71 bits per heavy atom. The molecule has 0 saturated carbocycles. The smallest absolute Gasteiger partial charge is 0.190 e. The van der Waals surface area contributed by atoms with E-state index in [4.69, 9.17) is 9.47 Å². The van der Waals surface area contributed by atoms with E-state index in [1.54, 1.807) is 0 Å². The molecule has 2 aliphatic rings. The van der Waals surface area contributed by atoms with Crippen molar-refractivity contribution in [2.75, 3.05) is 13.2 Å². The summed E-state index contributed by atoms with van der Waals surface area (Å²) in [6.07, 6.45) is 1.72. The molecule has 0 amide bonds. The predicted molar refractivity (Wildman–Crippen MR) is 52.0 cm³/mol. The monoisotopic (exact) mass is 198 g/mol. The van der Waals surface area contributed by atoms with Crippen LogP contribution in [0.4, 0.5) is 0 Å². The van der Waals surface area contributed by atoms with E-state index in [0.29, 0.717) is 11.8 Å². The second kappa shape index (κ2) is 3.99. The Morgan fingerprint density at radius 1 is 1.07 bits per heavy atom. The number of ketones is 1. The molecule has 4 atom stereocenters. The quantitative estimate of drug-likeness (QED) is 0.685. The highest BCUT2D eigenvalue weighted by atomic mass is 16.5. The van der Waals surface area contributed by atoms with Crippen LogP contribution in [0.25, 0.3) is 0 Å². The molecule has 2 saturated heterocycles. The number of ether oxygens (including phenoxy) is 2. The molecule has 2 heterocycles. The van der Waals surface area contributed by atoms with E-state index in [-0.39, 0.29) is 18.0 Å². The normalized spacial score (nSPS) is 41.3. The third-order valence-electron chi connectivity index (χ3n) is 3.45. The van der Waals surface area contributed by atoms with Crippen LogP contribution in [0.2, 0.25) is 0 Å². The van der Waals surface area contributed by atoms with E-state index in [1.807, 2.05) is 0 Å². The van der Waals surface area contributed by atoms with Gasteiger partial charge in [-0.25, -0.2) is 0 Å². The van der Waals surface area contributed by atoms with Gasteiger partial charge in [0.15, 0.2) is 5.78 Å². The van der Waals surface area contributed by atoms with Gasteiger partial charge in [-0.2, -0.15) is 0 Å². The largest absolute Gasteiger partial charge is 0.370 e. The van der Waals surface area contributed by atoms with E-state index >= 15 is 0 Å². The van der Waals surface area contributed by atoms with Crippen molar-refractivity contribution in [1.82, 2.24) is 0 Å². The van der Waals surface area contributed by atoms with Crippen molar-refractivity contribution in [2.24, 2.45) is 11.8 Å². The number of hydrogen-bond acceptors (Lipinski definition) is 3. The molecule has 0 N–H and O–H groups in total. The fraction of sp³-hybridized carbons (Fsp3) is 0.909. The maximum atomic E-state index is 11.9. The minimum absolute atomic E-state index is 0.167. The summed E-state index contributed by atoms with van der Waals surface area (Å²) in [6, 6.07) is 0. The Hall–Kier alpha value is -0.410. The van der Waals surface area contributed by atoms with Crippen molar-refractivity contribution >= 4 is 5.78 Å². The van der Waals surface area contributed by atoms with E-state index < -0.39 is 0 Å². The fourth-order valence-electron chi connectivity index (χ4n) is 2.11. The molecule has 0 aliphatic carbocycles. The van der Waals surface area contributed by atoms with Gasteiger partial charge < -0.3 is 9.47 Å². The van der Waals surface area contributed by atoms with E-state index in [1.165, 1.54) is 0 Å². The Bertz CT molecular complexity index is 201. The molecule has 0 spiro atoms. The van der Waals surface area contributed by atoms with Crippen LogP contribution in [-0.4, -0.2) is 31.2 Å². The zero-order valence-corrected chi connectivity index (χ0v) is 8.86. The van der Waals surface area contributed by atoms with Crippen LogP contribution in [0.3, 0.4) is 0 Å². The van der Waals surface area contributed by atoms with Gasteiger partial charge in [-0.3, -0.25) is 4.79 Å². The van der Waals surface area contributed by atoms with Gasteiger partial charge in [0, 0.05) is 11.8 Å². The molecule has 3 heteroatoms. The first kappa shape index (κ1) is 10.1. The summed E-state index contributed by atoms with van der Waals surface area (Å²) in [4.78, 5) is 11.9. The lowest BCUT2D eigenvalue weighted by Gasteiger charge is -2.42. The van der Waals surface area contributed by atoms with Gasteiger partial charge in [-0.05, 0) is 12.8 Å². The standard InChI is InChI=1S/C11H18O3/c1-3-7-5-13-10(7)9(12)11-8(4-2)6-14-11/h7-8,10-11H,3-6H2,1-2H3. The zero-order valence-electron chi connectivity index (χ0n) is 8.86. The SMILES string of the molecule is CCC1COC1C(=O)C1OCC1CC. The summed E-state index contributed by atoms with van der Waals surface area (Å²) in [5.41, 5.74) is 0. The van der Waals surface area contributed by atoms with Crippen LogP contribution in [-0.2, 0) is 14.3 Å². The molecule has 14 heavy (non-hydrogen) atoms. The highest BCUT2D eigenvalue weighted by Crippen LogP contribution is 2.31. The molecule has 80 valence electrons. The lowest BCUT2D eigenvalue weighted by molar-refractivity contribution is -0.190. The Kier molecular flexibility index (Phi) is 2.88. The van der Waals surface area contributed by atoms with Crippen LogP contribution in [0.15, 0.2) is 0 Å². The summed E-state index contributed by atoms with van der Waals surface area (Å²) in [5, 5.41) is 0. The van der Waals surface area contributed by atoms with Crippen LogP contribution in [0, 0.1) is 11.8 Å². The van der Waals surface area contributed by atoms with Crippen molar-refractivity contribution in [2.45, 2.75) is 38.9 Å². The summed E-state index contributed by atoms with van der Waals surface area (Å²) < 4.78 is 10.6. The van der Waals surface area contributed by atoms with Crippen molar-refractivity contribution in [3.63, 3.8) is 0 Å². The lowest BCUT2D eigenvalue weighted by Crippen LogP contribution is -2.56. The van der Waals surface area contributed by atoms with Crippen molar-refractivity contribution in [3.05, 3.63) is 0 Å². The van der Waals surface area contributed by atoms with Gasteiger partial charge in [-0.1, -0.05) is 13.8 Å². The Morgan fingerprint density at radius 2 is 1.50 bits per heavy atom. The van der Waals surface area contributed by atoms with E-state index in [9.17, 15) is 4.79 Å². The number of rotatable bonds is 4. The predicted octanol–water partition coefficient (Wildman–Crippen LogP) is 1.41. The minimum Gasteiger partial charge on any atom is -0.370 e. The van der Waals surface area contributed by atoms with Gasteiger partial charge in [0.2, 0.25) is 0 Å². The van der Waals surface area contributed by atoms with Gasteiger partial charge >= 0.3 is 0 Å². The van der Waals surface area contributed by atoms with Crippen LogP contribution < -0.4 is 0 Å². The van der Waals surface area contributed by atoms with Crippen molar-refractivity contribution in [1.29, 1.82) is 0 Å². The number of carbonyl (C=O) groups excluding carboxylic acids is 1. The Balaban J connectivity index is 1.89. The summed E-state index contributed by atoms with van der Waals surface area (Å²) >= 11 is 0. The molecule has 2 aliphatic heterocycles. The number of Topliss-reactive ketones (excluding diaryl/α,β-unsaturated/α-hetero) is 1. The molecule has 2 rings (SSSR count). The average molecular weight is 198 g/mol. The van der Waals surface area contributed by atoms with Gasteiger partial charge in [0.1, 0.15) is 12.2 Å². The topological polar surface area (TPSA) is 35.5 Å². The third-order valence-corrected chi connectivity index (χ3v) is 3.45. The fourth-order valence-corrected chi connectivity index (χ4v) is 2.11. The molecule has 3 nitrogen and oxygen atoms in total. The van der Waals surface area contributed by atoms with Gasteiger partial charge in [0.05, 0.1) is 13.2 Å². The highest BCUT2D eigenvalue weighted by Gasteiger charge is 2.45. The number of hydrogen-bond donors (Lipinski definition) is 0. The van der Waals surface area contributed by atoms with Crippen LogP contribution >= 0.6 is 0 Å². The van der Waals surface area contributed by atoms with Gasteiger partial charge in [-0.15, -0.1) is 0 Å².